The zero-order valence-corrected chi connectivity index (χ0v) is 13.5. The van der Waals surface area contributed by atoms with Crippen LogP contribution in [0.4, 0.5) is 0 Å². The Balaban J connectivity index is 0.00000169. The van der Waals surface area contributed by atoms with E-state index in [0.29, 0.717) is 5.56 Å². The van der Waals surface area contributed by atoms with E-state index in [9.17, 15) is 13.2 Å². The van der Waals surface area contributed by atoms with Crippen LogP contribution in [0.25, 0.3) is 0 Å². The van der Waals surface area contributed by atoms with Gasteiger partial charge < -0.3 is 13.1 Å². The minimum absolute atomic E-state index is 0. The van der Waals surface area contributed by atoms with E-state index in [0.717, 1.165) is 11.8 Å². The predicted molar refractivity (Wildman–Crippen MR) is 47.4 cm³/mol. The number of carbonyl (C=O) groups is 1. The van der Waals surface area contributed by atoms with Crippen molar-refractivity contribution in [2.45, 2.75) is 6.54 Å². The van der Waals surface area contributed by atoms with Crippen molar-refractivity contribution in [2.75, 3.05) is 0 Å². The summed E-state index contributed by atoms with van der Waals surface area (Å²) in [6.45, 7) is 0.245. The summed E-state index contributed by atoms with van der Waals surface area (Å²) in [7, 11) is -2.24. The molecule has 0 aliphatic rings. The number of hydrogen-bond acceptors (Lipinski definition) is 4. The molecule has 0 fully saturated rings. The van der Waals surface area contributed by atoms with Gasteiger partial charge in [0.2, 0.25) is 0 Å². The first-order valence-corrected chi connectivity index (χ1v) is 4.67. The van der Waals surface area contributed by atoms with Crippen molar-refractivity contribution in [3.63, 3.8) is 0 Å². The molecule has 70 valence electrons. The Hall–Kier alpha value is 0.605. The molecule has 0 aliphatic carbocycles. The molecule has 0 heterocycles. The van der Waals surface area contributed by atoms with Crippen LogP contribution in [-0.2, 0) is 25.9 Å². The van der Waals surface area contributed by atoms with Crippen molar-refractivity contribution in [3.05, 3.63) is 35.4 Å². The molecule has 0 aliphatic heterocycles. The molecule has 0 amide bonds. The molecule has 0 atom stereocenters. The molecule has 1 rings (SSSR count). The molecule has 6 heteroatoms. The number of rotatable bonds is 4. The second kappa shape index (κ2) is 7.84. The third-order valence-electron chi connectivity index (χ3n) is 1.51. The normalized spacial score (nSPS) is 9.50. The summed E-state index contributed by atoms with van der Waals surface area (Å²) < 4.78 is 22.5. The molecule has 1 aromatic rings. The Morgan fingerprint density at radius 3 is 2.21 bits per heavy atom. The fraction of sp³-hybridized carbons (Fsp3) is 0.125. The van der Waals surface area contributed by atoms with Crippen LogP contribution in [0.2, 0.25) is 0 Å². The predicted octanol–water partition coefficient (Wildman–Crippen LogP) is -2.18. The molecular weight excluding hydrogens is 276 g/mol. The number of aldehydes is 1. The number of hydrogen-bond donors (Lipinski definition) is 1. The molecule has 14 heavy (non-hydrogen) atoms. The Morgan fingerprint density at radius 1 is 1.21 bits per heavy atom. The summed E-state index contributed by atoms with van der Waals surface area (Å²) in [5.41, 5.74) is 1.39. The second-order valence-corrected chi connectivity index (χ2v) is 3.17. The van der Waals surface area contributed by atoms with Crippen LogP contribution in [0.5, 0.6) is 0 Å². The molecule has 0 spiro atoms. The fourth-order valence-electron chi connectivity index (χ4n) is 0.856. The quantitative estimate of drug-likeness (QED) is 0.505. The maximum atomic E-state index is 10.3. The van der Waals surface area contributed by atoms with E-state index >= 15 is 0 Å². The summed E-state index contributed by atoms with van der Waals surface area (Å²) in [4.78, 5) is 10.3. The Kier molecular flexibility index (Phi) is 8.18. The van der Waals surface area contributed by atoms with Crippen LogP contribution >= 0.6 is 0 Å². The van der Waals surface area contributed by atoms with E-state index in [4.69, 9.17) is 0 Å². The van der Waals surface area contributed by atoms with Gasteiger partial charge in [-0.2, -0.15) is 0 Å². The van der Waals surface area contributed by atoms with Crippen molar-refractivity contribution in [2.24, 2.45) is 0 Å². The fourth-order valence-corrected chi connectivity index (χ4v) is 1.14. The molecule has 4 nitrogen and oxygen atoms in total. The van der Waals surface area contributed by atoms with Gasteiger partial charge in [-0.05, 0) is 16.5 Å². The molecule has 0 saturated heterocycles. The van der Waals surface area contributed by atoms with Gasteiger partial charge in [-0.15, -0.1) is 0 Å². The van der Waals surface area contributed by atoms with Crippen LogP contribution in [0.1, 0.15) is 15.9 Å². The Labute approximate surface area is 133 Å². The van der Waals surface area contributed by atoms with Gasteiger partial charge in [0.15, 0.2) is 0 Å². The molecule has 0 unspecified atom stereocenters. The molecule has 0 bridgehead atoms. The zero-order chi connectivity index (χ0) is 9.68. The van der Waals surface area contributed by atoms with E-state index in [2.05, 4.69) is 4.72 Å². The van der Waals surface area contributed by atoms with E-state index in [1.54, 1.807) is 24.3 Å². The first kappa shape index (κ1) is 14.6. The summed E-state index contributed by atoms with van der Waals surface area (Å²) in [5.74, 6) is 0. The Bertz CT molecular complexity index is 353. The van der Waals surface area contributed by atoms with Crippen LogP contribution in [0.3, 0.4) is 0 Å². The van der Waals surface area contributed by atoms with Crippen LogP contribution in [-0.4, -0.2) is 6.29 Å². The van der Waals surface area contributed by atoms with Gasteiger partial charge in [-0.25, -0.2) is 0 Å². The van der Waals surface area contributed by atoms with Crippen LogP contribution in [0.15, 0.2) is 24.3 Å². The van der Waals surface area contributed by atoms with Crippen LogP contribution in [0, 0.1) is 0 Å². The maximum Gasteiger partial charge on any atom is 1.00 e. The number of carbonyl (C=O) groups excluding carboxylic acids is 1. The van der Waals surface area contributed by atoms with E-state index < -0.39 is 10.9 Å². The largest absolute Gasteiger partial charge is 1.00 e. The van der Waals surface area contributed by atoms with Crippen LogP contribution < -0.4 is 62.9 Å². The topological polar surface area (TPSA) is 63.2 Å². The number of benzene rings is 1. The SMILES string of the molecule is O=Cc1ccc(CN[S-](=O)=O)cc1.[Rb+]. The average Bonchev–Trinajstić information content (AvgIpc) is 2.15. The third-order valence-corrected chi connectivity index (χ3v) is 1.89. The Morgan fingerprint density at radius 2 is 1.79 bits per heavy atom. The van der Waals surface area contributed by atoms with Crippen molar-refractivity contribution >= 4 is 17.2 Å². The monoisotopic (exact) mass is 283 g/mol. The van der Waals surface area contributed by atoms with Gasteiger partial charge in [-0.3, -0.25) is 4.79 Å². The minimum Gasteiger partial charge on any atom is -0.409 e. The third kappa shape index (κ3) is 5.48. The molecular formula is C8H8NO3RbS. The van der Waals surface area contributed by atoms with Crippen molar-refractivity contribution in [1.29, 1.82) is 0 Å². The summed E-state index contributed by atoms with van der Waals surface area (Å²) in [6.07, 6.45) is 0.739. The van der Waals surface area contributed by atoms with Gasteiger partial charge in [0.1, 0.15) is 6.29 Å². The summed E-state index contributed by atoms with van der Waals surface area (Å²) in [5, 5.41) is 0. The minimum atomic E-state index is -2.24. The smallest absolute Gasteiger partial charge is 0.409 e. The first-order chi connectivity index (χ1) is 6.22. The van der Waals surface area contributed by atoms with Gasteiger partial charge in [0, 0.05) is 12.1 Å². The van der Waals surface area contributed by atoms with Gasteiger partial charge in [-0.1, -0.05) is 24.3 Å². The van der Waals surface area contributed by atoms with Crippen molar-refractivity contribution < 1.29 is 71.4 Å². The molecule has 1 N–H and O–H groups in total. The number of nitrogens with one attached hydrogen (secondary N) is 1. The zero-order valence-electron chi connectivity index (χ0n) is 7.73. The van der Waals surface area contributed by atoms with E-state index in [-0.39, 0.29) is 64.7 Å². The van der Waals surface area contributed by atoms with Crippen molar-refractivity contribution in [1.82, 2.24) is 4.72 Å². The van der Waals surface area contributed by atoms with Gasteiger partial charge in [0.25, 0.3) is 0 Å². The first-order valence-electron chi connectivity index (χ1n) is 3.59. The standard InChI is InChI=1S/C8H8NO3S.Rb/c10-6-8-3-1-7(2-4-8)5-9-13(11)12;/h1-4,6H,5H2,(H,9,11,12);/q-1;+1. The summed E-state index contributed by atoms with van der Waals surface area (Å²) >= 11 is 0. The van der Waals surface area contributed by atoms with Gasteiger partial charge >= 0.3 is 58.2 Å². The van der Waals surface area contributed by atoms with E-state index in [1.807, 2.05) is 0 Å². The van der Waals surface area contributed by atoms with E-state index in [1.165, 1.54) is 0 Å². The van der Waals surface area contributed by atoms with Gasteiger partial charge in [0.05, 0.1) is 0 Å². The molecule has 0 aromatic heterocycles. The maximum absolute atomic E-state index is 10.3. The molecule has 0 radical (unpaired) electrons. The van der Waals surface area contributed by atoms with Crippen molar-refractivity contribution in [3.8, 4) is 0 Å². The average molecular weight is 284 g/mol. The summed E-state index contributed by atoms with van der Waals surface area (Å²) in [6, 6.07) is 6.67. The second-order valence-electron chi connectivity index (χ2n) is 2.42. The molecule has 0 saturated carbocycles. The molecule has 1 aromatic carbocycles.